The van der Waals surface area contributed by atoms with E-state index in [0.717, 1.165) is 11.1 Å². The number of hydrogen-bond acceptors (Lipinski definition) is 3. The van der Waals surface area contributed by atoms with Gasteiger partial charge in [0.15, 0.2) is 0 Å². The Bertz CT molecular complexity index is 645. The van der Waals surface area contributed by atoms with Crippen LogP contribution in [0, 0.1) is 0 Å². The quantitative estimate of drug-likeness (QED) is 0.728. The molecule has 0 aliphatic rings. The Hall–Kier alpha value is -2.92. The number of benzene rings is 2. The van der Waals surface area contributed by atoms with Crippen LogP contribution in [0.3, 0.4) is 0 Å². The van der Waals surface area contributed by atoms with Gasteiger partial charge in [0.05, 0.1) is 6.54 Å². The number of carbonyl (C=O) groups is 2. The number of nitrogens with zero attached hydrogens (tertiary/aromatic N) is 1. The zero-order chi connectivity index (χ0) is 17.9. The lowest BCUT2D eigenvalue weighted by Gasteiger charge is -2.22. The highest BCUT2D eigenvalue weighted by Gasteiger charge is 2.14. The monoisotopic (exact) mass is 337 g/mol. The number of amides is 3. The Balaban J connectivity index is 1.99. The van der Waals surface area contributed by atoms with Gasteiger partial charge in [-0.1, -0.05) is 66.7 Å². The summed E-state index contributed by atoms with van der Waals surface area (Å²) in [4.78, 5) is 25.8. The number of hydrogen-bond donors (Lipinski definition) is 2. The zero-order valence-electron chi connectivity index (χ0n) is 14.2. The second-order valence-electron chi connectivity index (χ2n) is 5.66. The van der Waals surface area contributed by atoms with Crippen LogP contribution in [-0.2, 0) is 17.9 Å². The van der Waals surface area contributed by atoms with Gasteiger partial charge < -0.3 is 5.32 Å². The average molecular weight is 337 g/mol. The van der Waals surface area contributed by atoms with E-state index in [1.165, 1.54) is 0 Å². The first-order chi connectivity index (χ1) is 12.2. The number of rotatable bonds is 8. The van der Waals surface area contributed by atoms with Crippen LogP contribution in [0.15, 0.2) is 73.3 Å². The van der Waals surface area contributed by atoms with Crippen LogP contribution < -0.4 is 10.6 Å². The molecule has 0 heterocycles. The molecule has 0 unspecified atom stereocenters. The Morgan fingerprint density at radius 1 is 0.920 bits per heavy atom. The minimum Gasteiger partial charge on any atom is -0.334 e. The van der Waals surface area contributed by atoms with E-state index < -0.39 is 6.03 Å². The fraction of sp³-hybridized carbons (Fsp3) is 0.200. The van der Waals surface area contributed by atoms with Crippen LogP contribution in [0.2, 0.25) is 0 Å². The Morgan fingerprint density at radius 2 is 1.44 bits per heavy atom. The summed E-state index contributed by atoms with van der Waals surface area (Å²) in [7, 11) is 0. The van der Waals surface area contributed by atoms with Gasteiger partial charge in [-0.15, -0.1) is 6.58 Å². The fourth-order valence-electron chi connectivity index (χ4n) is 2.43. The second kappa shape index (κ2) is 10.1. The molecule has 0 radical (unpaired) electrons. The molecule has 2 N–H and O–H groups in total. The number of nitrogens with one attached hydrogen (secondary N) is 2. The maximum atomic E-state index is 12.2. The van der Waals surface area contributed by atoms with Crippen molar-refractivity contribution in [3.8, 4) is 0 Å². The molecule has 0 atom stereocenters. The van der Waals surface area contributed by atoms with Crippen LogP contribution in [-0.4, -0.2) is 29.9 Å². The number of urea groups is 1. The highest BCUT2D eigenvalue weighted by atomic mass is 16.2. The van der Waals surface area contributed by atoms with Gasteiger partial charge in [-0.25, -0.2) is 4.79 Å². The third-order valence-corrected chi connectivity index (χ3v) is 3.53. The van der Waals surface area contributed by atoms with Crippen molar-refractivity contribution in [2.45, 2.75) is 13.1 Å². The van der Waals surface area contributed by atoms with E-state index in [1.54, 1.807) is 6.08 Å². The normalized spacial score (nSPS) is 10.3. The lowest BCUT2D eigenvalue weighted by Crippen LogP contribution is -2.44. The van der Waals surface area contributed by atoms with Crippen molar-refractivity contribution in [3.05, 3.63) is 84.4 Å². The summed E-state index contributed by atoms with van der Waals surface area (Å²) in [5.74, 6) is -0.339. The highest BCUT2D eigenvalue weighted by Crippen LogP contribution is 2.09. The number of imide groups is 1. The van der Waals surface area contributed by atoms with Gasteiger partial charge in [0.25, 0.3) is 0 Å². The molecule has 0 aromatic heterocycles. The van der Waals surface area contributed by atoms with E-state index in [1.807, 2.05) is 65.6 Å². The van der Waals surface area contributed by atoms with Crippen molar-refractivity contribution in [1.82, 2.24) is 15.5 Å². The van der Waals surface area contributed by atoms with E-state index in [-0.39, 0.29) is 12.5 Å². The maximum Gasteiger partial charge on any atom is 0.321 e. The Morgan fingerprint density at radius 3 is 1.92 bits per heavy atom. The molecule has 130 valence electrons. The summed E-state index contributed by atoms with van der Waals surface area (Å²) in [6.45, 7) is 5.21. The predicted molar refractivity (Wildman–Crippen MR) is 98.7 cm³/mol. The molecular formula is C20H23N3O2. The molecule has 0 aliphatic carbocycles. The molecule has 2 rings (SSSR count). The lowest BCUT2D eigenvalue weighted by atomic mass is 10.1. The van der Waals surface area contributed by atoms with Gasteiger partial charge >= 0.3 is 6.03 Å². The van der Waals surface area contributed by atoms with Crippen LogP contribution in [0.1, 0.15) is 11.1 Å². The van der Waals surface area contributed by atoms with Gasteiger partial charge in [0, 0.05) is 19.6 Å². The van der Waals surface area contributed by atoms with Crippen molar-refractivity contribution in [2.24, 2.45) is 0 Å². The van der Waals surface area contributed by atoms with Crippen molar-refractivity contribution >= 4 is 11.9 Å². The lowest BCUT2D eigenvalue weighted by molar-refractivity contribution is -0.121. The molecule has 5 heteroatoms. The molecule has 0 saturated carbocycles. The van der Waals surface area contributed by atoms with Crippen LogP contribution in [0.25, 0.3) is 0 Å². The van der Waals surface area contributed by atoms with Gasteiger partial charge in [0.2, 0.25) is 5.91 Å². The third kappa shape index (κ3) is 7.01. The van der Waals surface area contributed by atoms with Crippen LogP contribution >= 0.6 is 0 Å². The summed E-state index contributed by atoms with van der Waals surface area (Å²) in [5.41, 5.74) is 2.23. The first-order valence-electron chi connectivity index (χ1n) is 8.16. The van der Waals surface area contributed by atoms with Gasteiger partial charge in [-0.3, -0.25) is 15.0 Å². The van der Waals surface area contributed by atoms with Crippen LogP contribution in [0.4, 0.5) is 4.79 Å². The standard InChI is InChI=1S/C20H23N3O2/c1-2-13-21-20(25)22-19(24)16-23(14-17-9-5-3-6-10-17)15-18-11-7-4-8-12-18/h2-12H,1,13-16H2,(H2,21,22,24,25). The number of carbonyl (C=O) groups excluding carboxylic acids is 2. The molecule has 0 fully saturated rings. The van der Waals surface area contributed by atoms with E-state index in [2.05, 4.69) is 17.2 Å². The van der Waals surface area contributed by atoms with Crippen molar-refractivity contribution in [2.75, 3.05) is 13.1 Å². The fourth-order valence-corrected chi connectivity index (χ4v) is 2.43. The summed E-state index contributed by atoms with van der Waals surface area (Å²) >= 11 is 0. The average Bonchev–Trinajstić information content (AvgIpc) is 2.61. The van der Waals surface area contributed by atoms with Crippen molar-refractivity contribution < 1.29 is 9.59 Å². The molecular weight excluding hydrogens is 314 g/mol. The van der Waals surface area contributed by atoms with E-state index in [0.29, 0.717) is 19.6 Å². The molecule has 2 aromatic rings. The zero-order valence-corrected chi connectivity index (χ0v) is 14.2. The highest BCUT2D eigenvalue weighted by molar-refractivity contribution is 5.95. The molecule has 0 bridgehead atoms. The largest absolute Gasteiger partial charge is 0.334 e. The summed E-state index contributed by atoms with van der Waals surface area (Å²) in [5, 5.41) is 4.87. The van der Waals surface area contributed by atoms with Crippen LogP contribution in [0.5, 0.6) is 0 Å². The maximum absolute atomic E-state index is 12.2. The second-order valence-corrected chi connectivity index (χ2v) is 5.66. The first kappa shape index (κ1) is 18.4. The van der Waals surface area contributed by atoms with Crippen molar-refractivity contribution in [3.63, 3.8) is 0 Å². The topological polar surface area (TPSA) is 61.4 Å². The summed E-state index contributed by atoms with van der Waals surface area (Å²) in [6, 6.07) is 19.4. The minimum atomic E-state index is -0.510. The molecule has 25 heavy (non-hydrogen) atoms. The summed E-state index contributed by atoms with van der Waals surface area (Å²) in [6.07, 6.45) is 1.56. The molecule has 0 aliphatic heterocycles. The first-order valence-corrected chi connectivity index (χ1v) is 8.16. The van der Waals surface area contributed by atoms with Gasteiger partial charge in [-0.05, 0) is 11.1 Å². The Labute approximate surface area is 148 Å². The van der Waals surface area contributed by atoms with E-state index in [9.17, 15) is 9.59 Å². The minimum absolute atomic E-state index is 0.130. The SMILES string of the molecule is C=CCNC(=O)NC(=O)CN(Cc1ccccc1)Cc1ccccc1. The molecule has 5 nitrogen and oxygen atoms in total. The smallest absolute Gasteiger partial charge is 0.321 e. The molecule has 2 aromatic carbocycles. The van der Waals surface area contributed by atoms with Crippen molar-refractivity contribution in [1.29, 1.82) is 0 Å². The summed E-state index contributed by atoms with van der Waals surface area (Å²) < 4.78 is 0. The third-order valence-electron chi connectivity index (χ3n) is 3.53. The molecule has 0 spiro atoms. The van der Waals surface area contributed by atoms with Gasteiger partial charge in [0.1, 0.15) is 0 Å². The molecule has 3 amide bonds. The Kier molecular flexibility index (Phi) is 7.41. The van der Waals surface area contributed by atoms with Gasteiger partial charge in [-0.2, -0.15) is 0 Å². The van der Waals surface area contributed by atoms with E-state index in [4.69, 9.17) is 0 Å². The predicted octanol–water partition coefficient (Wildman–Crippen LogP) is 2.70. The molecule has 0 saturated heterocycles. The van der Waals surface area contributed by atoms with E-state index >= 15 is 0 Å².